The van der Waals surface area contributed by atoms with Crippen LogP contribution in [0, 0.1) is 5.92 Å². The molecule has 0 unspecified atom stereocenters. The Kier molecular flexibility index (Phi) is 2.87. The summed E-state index contributed by atoms with van der Waals surface area (Å²) >= 11 is 0. The monoisotopic (exact) mass is 247 g/mol. The summed E-state index contributed by atoms with van der Waals surface area (Å²) in [6.45, 7) is 2.09. The molecule has 1 atom stereocenters. The number of fused-ring (bicyclic) bond motifs is 1. The van der Waals surface area contributed by atoms with Gasteiger partial charge in [0.25, 0.3) is 0 Å². The van der Waals surface area contributed by atoms with Gasteiger partial charge in [0, 0.05) is 26.7 Å². The Morgan fingerprint density at radius 2 is 2.33 bits per heavy atom. The fourth-order valence-corrected chi connectivity index (χ4v) is 2.61. The van der Waals surface area contributed by atoms with Gasteiger partial charge < -0.3 is 10.0 Å². The fraction of sp³-hybridized carbons (Fsp3) is 0.583. The zero-order valence-electron chi connectivity index (χ0n) is 10.5. The molecule has 0 amide bonds. The van der Waals surface area contributed by atoms with Crippen molar-refractivity contribution in [3.63, 3.8) is 0 Å². The Hall–Kier alpha value is -1.69. The standard InChI is InChI=1S/C12H17N5O/c1-16-11-10(5-15-16)12(14-8-13-11)17-4-2-3-9(6-17)7-18/h5,8-9,18H,2-4,6-7H2,1H3/t9-/m1/s1. The highest BCUT2D eigenvalue weighted by molar-refractivity contribution is 5.86. The van der Waals surface area contributed by atoms with Gasteiger partial charge in [-0.3, -0.25) is 4.68 Å². The van der Waals surface area contributed by atoms with Crippen LogP contribution in [0.3, 0.4) is 0 Å². The molecule has 2 aromatic rings. The molecule has 0 spiro atoms. The van der Waals surface area contributed by atoms with Gasteiger partial charge in [-0.2, -0.15) is 5.10 Å². The highest BCUT2D eigenvalue weighted by Crippen LogP contribution is 2.26. The summed E-state index contributed by atoms with van der Waals surface area (Å²) in [5.74, 6) is 1.28. The normalized spacial score (nSPS) is 20.6. The van der Waals surface area contributed by atoms with Gasteiger partial charge in [-0.15, -0.1) is 0 Å². The van der Waals surface area contributed by atoms with Crippen LogP contribution in [0.2, 0.25) is 0 Å². The highest BCUT2D eigenvalue weighted by Gasteiger charge is 2.22. The number of hydrogen-bond donors (Lipinski definition) is 1. The van der Waals surface area contributed by atoms with Gasteiger partial charge in [-0.1, -0.05) is 0 Å². The first-order valence-electron chi connectivity index (χ1n) is 6.28. The second kappa shape index (κ2) is 4.53. The molecular weight excluding hydrogens is 230 g/mol. The van der Waals surface area contributed by atoms with Crippen LogP contribution in [-0.4, -0.2) is 44.6 Å². The lowest BCUT2D eigenvalue weighted by Crippen LogP contribution is -2.37. The quantitative estimate of drug-likeness (QED) is 0.840. The maximum Gasteiger partial charge on any atom is 0.163 e. The molecule has 3 rings (SSSR count). The topological polar surface area (TPSA) is 67.1 Å². The van der Waals surface area contributed by atoms with Crippen LogP contribution >= 0.6 is 0 Å². The Balaban J connectivity index is 1.98. The van der Waals surface area contributed by atoms with Crippen LogP contribution in [0.25, 0.3) is 11.0 Å². The Morgan fingerprint density at radius 1 is 1.44 bits per heavy atom. The molecule has 0 radical (unpaired) electrons. The van der Waals surface area contributed by atoms with Crippen LogP contribution in [-0.2, 0) is 7.05 Å². The number of rotatable bonds is 2. The molecular formula is C12H17N5O. The van der Waals surface area contributed by atoms with Gasteiger partial charge in [-0.05, 0) is 18.8 Å². The minimum absolute atomic E-state index is 0.248. The van der Waals surface area contributed by atoms with Crippen molar-refractivity contribution in [1.29, 1.82) is 0 Å². The van der Waals surface area contributed by atoms with Crippen molar-refractivity contribution in [2.75, 3.05) is 24.6 Å². The number of aryl methyl sites for hydroxylation is 1. The van der Waals surface area contributed by atoms with E-state index in [-0.39, 0.29) is 6.61 Å². The minimum Gasteiger partial charge on any atom is -0.396 e. The molecule has 0 bridgehead atoms. The van der Waals surface area contributed by atoms with Gasteiger partial charge in [0.05, 0.1) is 11.6 Å². The number of aromatic nitrogens is 4. The van der Waals surface area contributed by atoms with Crippen molar-refractivity contribution >= 4 is 16.9 Å². The molecule has 1 aliphatic rings. The van der Waals surface area contributed by atoms with Crippen molar-refractivity contribution in [3.05, 3.63) is 12.5 Å². The molecule has 96 valence electrons. The molecule has 18 heavy (non-hydrogen) atoms. The molecule has 1 saturated heterocycles. The van der Waals surface area contributed by atoms with Crippen molar-refractivity contribution in [3.8, 4) is 0 Å². The third-order valence-electron chi connectivity index (χ3n) is 3.59. The average Bonchev–Trinajstić information content (AvgIpc) is 2.81. The number of hydrogen-bond acceptors (Lipinski definition) is 5. The maximum absolute atomic E-state index is 9.30. The summed E-state index contributed by atoms with van der Waals surface area (Å²) in [4.78, 5) is 10.9. The number of aliphatic hydroxyl groups is 1. The van der Waals surface area contributed by atoms with E-state index in [1.807, 2.05) is 13.2 Å². The molecule has 1 N–H and O–H groups in total. The van der Waals surface area contributed by atoms with E-state index in [0.717, 1.165) is 42.8 Å². The maximum atomic E-state index is 9.30. The smallest absolute Gasteiger partial charge is 0.163 e. The zero-order chi connectivity index (χ0) is 12.5. The Bertz CT molecular complexity index is 552. The molecule has 3 heterocycles. The van der Waals surface area contributed by atoms with E-state index in [2.05, 4.69) is 20.0 Å². The fourth-order valence-electron chi connectivity index (χ4n) is 2.61. The predicted molar refractivity (Wildman–Crippen MR) is 68.3 cm³/mol. The van der Waals surface area contributed by atoms with E-state index in [4.69, 9.17) is 0 Å². The summed E-state index contributed by atoms with van der Waals surface area (Å²) in [7, 11) is 1.88. The summed E-state index contributed by atoms with van der Waals surface area (Å²) in [6.07, 6.45) is 5.58. The minimum atomic E-state index is 0.248. The van der Waals surface area contributed by atoms with Gasteiger partial charge in [0.15, 0.2) is 5.65 Å². The van der Waals surface area contributed by atoms with E-state index in [0.29, 0.717) is 5.92 Å². The van der Waals surface area contributed by atoms with Gasteiger partial charge in [-0.25, -0.2) is 9.97 Å². The number of anilines is 1. The Labute approximate surface area is 105 Å². The lowest BCUT2D eigenvalue weighted by Gasteiger charge is -2.32. The molecule has 1 fully saturated rings. The highest BCUT2D eigenvalue weighted by atomic mass is 16.3. The molecule has 6 heteroatoms. The van der Waals surface area contributed by atoms with E-state index in [1.54, 1.807) is 11.0 Å². The summed E-state index contributed by atoms with van der Waals surface area (Å²) in [6, 6.07) is 0. The summed E-state index contributed by atoms with van der Waals surface area (Å²) in [5, 5.41) is 14.5. The van der Waals surface area contributed by atoms with Crippen molar-refractivity contribution in [2.24, 2.45) is 13.0 Å². The van der Waals surface area contributed by atoms with E-state index in [1.165, 1.54) is 0 Å². The van der Waals surface area contributed by atoms with E-state index < -0.39 is 0 Å². The number of nitrogens with zero attached hydrogens (tertiary/aromatic N) is 5. The second-order valence-corrected chi connectivity index (χ2v) is 4.84. The van der Waals surface area contributed by atoms with Crippen molar-refractivity contribution in [1.82, 2.24) is 19.7 Å². The van der Waals surface area contributed by atoms with Crippen LogP contribution in [0.4, 0.5) is 5.82 Å². The molecule has 6 nitrogen and oxygen atoms in total. The number of aliphatic hydroxyl groups excluding tert-OH is 1. The SMILES string of the molecule is Cn1ncc2c(N3CCC[C@@H](CO)C3)ncnc21. The molecule has 0 aliphatic carbocycles. The third kappa shape index (κ3) is 1.82. The zero-order valence-corrected chi connectivity index (χ0v) is 10.5. The lowest BCUT2D eigenvalue weighted by atomic mass is 9.99. The number of piperidine rings is 1. The second-order valence-electron chi connectivity index (χ2n) is 4.84. The van der Waals surface area contributed by atoms with E-state index in [9.17, 15) is 5.11 Å². The van der Waals surface area contributed by atoms with Gasteiger partial charge in [0.2, 0.25) is 0 Å². The lowest BCUT2D eigenvalue weighted by molar-refractivity contribution is 0.208. The average molecular weight is 247 g/mol. The van der Waals surface area contributed by atoms with Crippen LogP contribution in [0.15, 0.2) is 12.5 Å². The van der Waals surface area contributed by atoms with Gasteiger partial charge in [0.1, 0.15) is 12.1 Å². The largest absolute Gasteiger partial charge is 0.396 e. The molecule has 1 aliphatic heterocycles. The van der Waals surface area contributed by atoms with Crippen molar-refractivity contribution in [2.45, 2.75) is 12.8 Å². The van der Waals surface area contributed by atoms with Gasteiger partial charge >= 0.3 is 0 Å². The Morgan fingerprint density at radius 3 is 3.17 bits per heavy atom. The predicted octanol–water partition coefficient (Wildman–Crippen LogP) is 0.572. The molecule has 2 aromatic heterocycles. The first-order chi connectivity index (χ1) is 8.79. The first kappa shape index (κ1) is 11.4. The van der Waals surface area contributed by atoms with Crippen LogP contribution in [0.1, 0.15) is 12.8 Å². The third-order valence-corrected chi connectivity index (χ3v) is 3.59. The van der Waals surface area contributed by atoms with Crippen LogP contribution < -0.4 is 4.90 Å². The van der Waals surface area contributed by atoms with Crippen LogP contribution in [0.5, 0.6) is 0 Å². The molecule has 0 saturated carbocycles. The van der Waals surface area contributed by atoms with Crippen molar-refractivity contribution < 1.29 is 5.11 Å². The summed E-state index contributed by atoms with van der Waals surface area (Å²) in [5.41, 5.74) is 0.853. The van der Waals surface area contributed by atoms with E-state index >= 15 is 0 Å². The summed E-state index contributed by atoms with van der Waals surface area (Å²) < 4.78 is 1.76. The molecule has 0 aromatic carbocycles. The first-order valence-corrected chi connectivity index (χ1v) is 6.28.